The summed E-state index contributed by atoms with van der Waals surface area (Å²) in [5.74, 6) is -0.447. The lowest BCUT2D eigenvalue weighted by atomic mass is 10.1. The Balaban J connectivity index is 1.37. The summed E-state index contributed by atoms with van der Waals surface area (Å²) < 4.78 is 5.50. The predicted octanol–water partition coefficient (Wildman–Crippen LogP) is 5.02. The maximum absolute atomic E-state index is 13.3. The Labute approximate surface area is 228 Å². The van der Waals surface area contributed by atoms with E-state index in [1.54, 1.807) is 36.4 Å². The second-order valence-corrected chi connectivity index (χ2v) is 9.72. The molecular weight excluding hydrogens is 496 g/mol. The predicted molar refractivity (Wildman–Crippen MR) is 152 cm³/mol. The number of benzene rings is 3. The summed E-state index contributed by atoms with van der Waals surface area (Å²) >= 11 is 0. The maximum atomic E-state index is 13.3. The van der Waals surface area contributed by atoms with Crippen molar-refractivity contribution in [1.82, 2.24) is 4.90 Å². The van der Waals surface area contributed by atoms with Crippen molar-refractivity contribution in [3.05, 3.63) is 83.4 Å². The number of nitrogens with one attached hydrogen (secondary N) is 2. The Morgan fingerprint density at radius 2 is 1.74 bits per heavy atom. The summed E-state index contributed by atoms with van der Waals surface area (Å²) in [7, 11) is 3.48. The molecule has 1 aliphatic rings. The van der Waals surface area contributed by atoms with Crippen LogP contribution in [0.25, 0.3) is 0 Å². The van der Waals surface area contributed by atoms with Crippen LogP contribution in [-0.2, 0) is 11.2 Å². The Morgan fingerprint density at radius 1 is 1.03 bits per heavy atom. The first-order valence-electron chi connectivity index (χ1n) is 12.9. The van der Waals surface area contributed by atoms with E-state index in [-0.39, 0.29) is 30.0 Å². The molecule has 0 bridgehead atoms. The Kier molecular flexibility index (Phi) is 8.70. The normalized spacial score (nSPS) is 14.5. The summed E-state index contributed by atoms with van der Waals surface area (Å²) in [6, 6.07) is 19.3. The number of hydrogen-bond acceptors (Lipinski definition) is 5. The van der Waals surface area contributed by atoms with Gasteiger partial charge in [0.25, 0.3) is 0 Å². The molecule has 0 saturated carbocycles. The highest BCUT2D eigenvalue weighted by molar-refractivity contribution is 6.01. The molecule has 3 amide bonds. The number of para-hydroxylation sites is 1. The van der Waals surface area contributed by atoms with Gasteiger partial charge >= 0.3 is 12.0 Å². The fourth-order valence-electron chi connectivity index (χ4n) is 4.85. The van der Waals surface area contributed by atoms with Crippen LogP contribution in [-0.4, -0.2) is 61.2 Å². The van der Waals surface area contributed by atoms with Gasteiger partial charge in [-0.3, -0.25) is 4.79 Å². The molecule has 4 rings (SSSR count). The molecule has 3 aromatic rings. The van der Waals surface area contributed by atoms with Gasteiger partial charge < -0.3 is 30.3 Å². The Bertz CT molecular complexity index is 1340. The maximum Gasteiger partial charge on any atom is 0.335 e. The minimum Gasteiger partial charge on any atom is -0.495 e. The zero-order valence-corrected chi connectivity index (χ0v) is 22.4. The second-order valence-electron chi connectivity index (χ2n) is 9.72. The molecule has 9 heteroatoms. The summed E-state index contributed by atoms with van der Waals surface area (Å²) in [5.41, 5.74) is 4.13. The number of methoxy groups -OCH3 is 1. The number of nitrogens with zero attached hydrogens (tertiary/aromatic N) is 2. The van der Waals surface area contributed by atoms with Gasteiger partial charge in [0, 0.05) is 37.6 Å². The summed E-state index contributed by atoms with van der Waals surface area (Å²) in [6.45, 7) is 3.27. The fraction of sp³-hybridized carbons (Fsp3) is 0.300. The number of aromatic carboxylic acids is 1. The van der Waals surface area contributed by atoms with Crippen LogP contribution in [0.15, 0.2) is 66.7 Å². The lowest BCUT2D eigenvalue weighted by molar-refractivity contribution is -0.131. The monoisotopic (exact) mass is 530 g/mol. The lowest BCUT2D eigenvalue weighted by Crippen LogP contribution is -2.43. The number of urea groups is 1. The van der Waals surface area contributed by atoms with Gasteiger partial charge in [-0.2, -0.15) is 0 Å². The molecule has 3 N–H and O–H groups in total. The van der Waals surface area contributed by atoms with Gasteiger partial charge in [-0.15, -0.1) is 0 Å². The van der Waals surface area contributed by atoms with Gasteiger partial charge in [-0.25, -0.2) is 9.59 Å². The van der Waals surface area contributed by atoms with Gasteiger partial charge in [-0.05, 0) is 73.4 Å². The average Bonchev–Trinajstić information content (AvgIpc) is 3.39. The van der Waals surface area contributed by atoms with E-state index >= 15 is 0 Å². The van der Waals surface area contributed by atoms with Crippen molar-refractivity contribution in [3.63, 3.8) is 0 Å². The molecule has 0 radical (unpaired) electrons. The molecule has 0 spiro atoms. The molecule has 1 saturated heterocycles. The fourth-order valence-corrected chi connectivity index (χ4v) is 4.85. The third kappa shape index (κ3) is 6.87. The molecule has 39 heavy (non-hydrogen) atoms. The van der Waals surface area contributed by atoms with E-state index in [1.807, 2.05) is 54.1 Å². The van der Waals surface area contributed by atoms with Gasteiger partial charge in [0.05, 0.1) is 24.8 Å². The van der Waals surface area contributed by atoms with Crippen LogP contribution in [0.3, 0.4) is 0 Å². The highest BCUT2D eigenvalue weighted by atomic mass is 16.5. The van der Waals surface area contributed by atoms with Crippen LogP contribution in [0.1, 0.15) is 34.3 Å². The number of anilines is 3. The van der Waals surface area contributed by atoms with Gasteiger partial charge in [-0.1, -0.05) is 24.3 Å². The van der Waals surface area contributed by atoms with Crippen LogP contribution in [0.5, 0.6) is 5.75 Å². The first-order chi connectivity index (χ1) is 18.7. The Hall–Kier alpha value is -4.53. The molecule has 1 fully saturated rings. The molecule has 3 aromatic carbocycles. The van der Waals surface area contributed by atoms with Crippen molar-refractivity contribution in [3.8, 4) is 5.75 Å². The number of amides is 3. The number of rotatable bonds is 9. The summed E-state index contributed by atoms with van der Waals surface area (Å²) in [5, 5.41) is 14.8. The minimum absolute atomic E-state index is 0.0344. The van der Waals surface area contributed by atoms with Crippen molar-refractivity contribution in [1.29, 1.82) is 0 Å². The number of carbonyl (C=O) groups excluding carboxylic acids is 2. The zero-order valence-electron chi connectivity index (χ0n) is 22.4. The molecule has 1 aliphatic heterocycles. The number of likely N-dealkylation sites (N-methyl/N-ethyl adjacent to an activating group) is 1. The number of carboxylic acid groups (broad SMARTS) is 1. The number of hydrogen-bond donors (Lipinski definition) is 3. The summed E-state index contributed by atoms with van der Waals surface area (Å²) in [6.07, 6.45) is 2.06. The van der Waals surface area contributed by atoms with Gasteiger partial charge in [0.1, 0.15) is 5.75 Å². The molecule has 1 atom stereocenters. The van der Waals surface area contributed by atoms with Gasteiger partial charge in [0.2, 0.25) is 5.91 Å². The van der Waals surface area contributed by atoms with Gasteiger partial charge in [0.15, 0.2) is 0 Å². The first kappa shape index (κ1) is 27.5. The van der Waals surface area contributed by atoms with E-state index in [0.717, 1.165) is 35.3 Å². The molecule has 1 heterocycles. The minimum atomic E-state index is -0.956. The SMILES string of the molecule is COc1cc(CC(=O)N2CCCC2CN(C)c2ccc(C(=O)O)cc2)ccc1NC(=O)Nc1ccccc1C. The number of aryl methyl sites for hydroxylation is 1. The van der Waals surface area contributed by atoms with Crippen LogP contribution in [0.4, 0.5) is 21.9 Å². The van der Waals surface area contributed by atoms with Crippen LogP contribution < -0.4 is 20.3 Å². The Morgan fingerprint density at radius 3 is 2.44 bits per heavy atom. The number of carboxylic acids is 1. The van der Waals surface area contributed by atoms with Crippen molar-refractivity contribution < 1.29 is 24.2 Å². The molecule has 0 aromatic heterocycles. The van der Waals surface area contributed by atoms with E-state index < -0.39 is 5.97 Å². The van der Waals surface area contributed by atoms with Crippen LogP contribution in [0, 0.1) is 6.92 Å². The number of ether oxygens (including phenoxy) is 1. The highest BCUT2D eigenvalue weighted by Gasteiger charge is 2.29. The van der Waals surface area contributed by atoms with E-state index in [4.69, 9.17) is 9.84 Å². The lowest BCUT2D eigenvalue weighted by Gasteiger charge is -2.30. The van der Waals surface area contributed by atoms with E-state index in [1.165, 1.54) is 7.11 Å². The zero-order chi connectivity index (χ0) is 27.9. The largest absolute Gasteiger partial charge is 0.495 e. The smallest absolute Gasteiger partial charge is 0.335 e. The highest BCUT2D eigenvalue weighted by Crippen LogP contribution is 2.28. The molecule has 204 valence electrons. The standard InChI is InChI=1S/C30H34N4O5/c1-20-7-4-5-9-25(20)31-30(38)32-26-15-10-21(17-27(26)39-3)18-28(35)34-16-6-8-24(34)19-33(2)23-13-11-22(12-14-23)29(36)37/h4-5,7,9-15,17,24H,6,8,16,18-19H2,1-3H3,(H,36,37)(H2,31,32,38). The third-order valence-corrected chi connectivity index (χ3v) is 7.00. The quantitative estimate of drug-likeness (QED) is 0.358. The first-order valence-corrected chi connectivity index (χ1v) is 12.9. The van der Waals surface area contributed by atoms with Crippen molar-refractivity contribution >= 4 is 35.0 Å². The molecule has 0 aliphatic carbocycles. The summed E-state index contributed by atoms with van der Waals surface area (Å²) in [4.78, 5) is 40.9. The van der Waals surface area contributed by atoms with Crippen molar-refractivity contribution in [2.24, 2.45) is 0 Å². The average molecular weight is 531 g/mol. The van der Waals surface area contributed by atoms with E-state index in [2.05, 4.69) is 10.6 Å². The topological polar surface area (TPSA) is 111 Å². The van der Waals surface area contributed by atoms with Crippen molar-refractivity contribution in [2.75, 3.05) is 42.8 Å². The van der Waals surface area contributed by atoms with E-state index in [9.17, 15) is 14.4 Å². The van der Waals surface area contributed by atoms with Crippen molar-refractivity contribution in [2.45, 2.75) is 32.2 Å². The number of carbonyl (C=O) groups is 3. The molecule has 1 unspecified atom stereocenters. The van der Waals surface area contributed by atoms with E-state index in [0.29, 0.717) is 24.5 Å². The molecular formula is C30H34N4O5. The van der Waals surface area contributed by atoms with Crippen LogP contribution >= 0.6 is 0 Å². The van der Waals surface area contributed by atoms with Crippen LogP contribution in [0.2, 0.25) is 0 Å². The number of likely N-dealkylation sites (tertiary alicyclic amines) is 1. The molecule has 9 nitrogen and oxygen atoms in total. The third-order valence-electron chi connectivity index (χ3n) is 7.00. The second kappa shape index (κ2) is 12.3.